The molecule has 1 N–H and O–H groups in total. The predicted octanol–water partition coefficient (Wildman–Crippen LogP) is 3.46. The van der Waals surface area contributed by atoms with E-state index in [0.717, 1.165) is 17.9 Å². The number of halogens is 2. The molecule has 1 aromatic heterocycles. The van der Waals surface area contributed by atoms with Crippen molar-refractivity contribution in [2.45, 2.75) is 33.0 Å². The van der Waals surface area contributed by atoms with Gasteiger partial charge in [-0.1, -0.05) is 35.3 Å². The molecule has 1 atom stereocenters. The van der Waals surface area contributed by atoms with Gasteiger partial charge < -0.3 is 9.88 Å². The standard InChI is InChI=1S/C13H16Cl2N4/c1-3-19-8-17-18-12(19)7-16-9(2)10-5-4-6-11(14)13(10)15/h4-6,8-9,16H,3,7H2,1-2H3. The third-order valence-corrected chi connectivity index (χ3v) is 3.88. The molecule has 0 spiro atoms. The third kappa shape index (κ3) is 3.26. The van der Waals surface area contributed by atoms with Crippen LogP contribution in [0.3, 0.4) is 0 Å². The largest absolute Gasteiger partial charge is 0.317 e. The molecule has 2 rings (SSSR count). The Hall–Kier alpha value is -1.10. The smallest absolute Gasteiger partial charge is 0.146 e. The highest BCUT2D eigenvalue weighted by Gasteiger charge is 2.12. The van der Waals surface area contributed by atoms with Crippen molar-refractivity contribution in [3.63, 3.8) is 0 Å². The van der Waals surface area contributed by atoms with Gasteiger partial charge >= 0.3 is 0 Å². The van der Waals surface area contributed by atoms with Crippen molar-refractivity contribution in [3.05, 3.63) is 46.0 Å². The van der Waals surface area contributed by atoms with Gasteiger partial charge in [0, 0.05) is 12.6 Å². The Kier molecular flexibility index (Phi) is 4.80. The Labute approximate surface area is 122 Å². The van der Waals surface area contributed by atoms with Gasteiger partial charge in [-0.2, -0.15) is 0 Å². The molecular formula is C13H16Cl2N4. The maximum Gasteiger partial charge on any atom is 0.146 e. The minimum Gasteiger partial charge on any atom is -0.317 e. The van der Waals surface area contributed by atoms with Gasteiger partial charge in [0.1, 0.15) is 12.2 Å². The monoisotopic (exact) mass is 298 g/mol. The van der Waals surface area contributed by atoms with Gasteiger partial charge in [0.05, 0.1) is 16.6 Å². The molecule has 1 aromatic carbocycles. The van der Waals surface area contributed by atoms with E-state index >= 15 is 0 Å². The van der Waals surface area contributed by atoms with Gasteiger partial charge in [0.25, 0.3) is 0 Å². The van der Waals surface area contributed by atoms with Crippen LogP contribution in [-0.2, 0) is 13.1 Å². The van der Waals surface area contributed by atoms with E-state index < -0.39 is 0 Å². The fourth-order valence-electron chi connectivity index (χ4n) is 1.89. The molecular weight excluding hydrogens is 283 g/mol. The Morgan fingerprint density at radius 2 is 2.16 bits per heavy atom. The van der Waals surface area contributed by atoms with Crippen molar-refractivity contribution in [1.29, 1.82) is 0 Å². The molecule has 0 saturated heterocycles. The van der Waals surface area contributed by atoms with Crippen LogP contribution in [0.4, 0.5) is 0 Å². The van der Waals surface area contributed by atoms with E-state index in [1.54, 1.807) is 12.4 Å². The molecule has 19 heavy (non-hydrogen) atoms. The summed E-state index contributed by atoms with van der Waals surface area (Å²) in [5.74, 6) is 0.910. The summed E-state index contributed by atoms with van der Waals surface area (Å²) in [6, 6.07) is 5.74. The van der Waals surface area contributed by atoms with Crippen molar-refractivity contribution in [2.24, 2.45) is 0 Å². The van der Waals surface area contributed by atoms with Crippen LogP contribution >= 0.6 is 23.2 Å². The fraction of sp³-hybridized carbons (Fsp3) is 0.385. The van der Waals surface area contributed by atoms with E-state index in [0.29, 0.717) is 16.6 Å². The maximum atomic E-state index is 6.20. The van der Waals surface area contributed by atoms with E-state index in [-0.39, 0.29) is 6.04 Å². The molecule has 1 heterocycles. The molecule has 0 aliphatic heterocycles. The molecule has 6 heteroatoms. The molecule has 0 radical (unpaired) electrons. The second-order valence-electron chi connectivity index (χ2n) is 4.28. The van der Waals surface area contributed by atoms with Crippen molar-refractivity contribution >= 4 is 23.2 Å². The van der Waals surface area contributed by atoms with Crippen LogP contribution in [0.5, 0.6) is 0 Å². The summed E-state index contributed by atoms with van der Waals surface area (Å²) in [5, 5.41) is 12.5. The zero-order valence-electron chi connectivity index (χ0n) is 10.9. The van der Waals surface area contributed by atoms with Crippen molar-refractivity contribution < 1.29 is 0 Å². The molecule has 2 aromatic rings. The topological polar surface area (TPSA) is 42.7 Å². The number of hydrogen-bond acceptors (Lipinski definition) is 3. The van der Waals surface area contributed by atoms with Crippen molar-refractivity contribution in [3.8, 4) is 0 Å². The highest BCUT2D eigenvalue weighted by Crippen LogP contribution is 2.29. The summed E-state index contributed by atoms with van der Waals surface area (Å²) in [6.07, 6.45) is 1.73. The lowest BCUT2D eigenvalue weighted by atomic mass is 10.1. The molecule has 102 valence electrons. The van der Waals surface area contributed by atoms with E-state index in [2.05, 4.69) is 22.4 Å². The number of rotatable bonds is 5. The molecule has 0 bridgehead atoms. The SMILES string of the molecule is CCn1cnnc1CNC(C)c1cccc(Cl)c1Cl. The lowest BCUT2D eigenvalue weighted by Gasteiger charge is -2.16. The average Bonchev–Trinajstić information content (AvgIpc) is 2.86. The van der Waals surface area contributed by atoms with E-state index in [1.807, 2.05) is 23.6 Å². The summed E-state index contributed by atoms with van der Waals surface area (Å²) in [4.78, 5) is 0. The second kappa shape index (κ2) is 6.37. The number of aromatic nitrogens is 3. The quantitative estimate of drug-likeness (QED) is 0.919. The van der Waals surface area contributed by atoms with Crippen LogP contribution in [0.1, 0.15) is 31.3 Å². The highest BCUT2D eigenvalue weighted by molar-refractivity contribution is 6.42. The molecule has 0 aliphatic rings. The fourth-order valence-corrected chi connectivity index (χ4v) is 2.36. The summed E-state index contributed by atoms with van der Waals surface area (Å²) in [5.41, 5.74) is 0.983. The third-order valence-electron chi connectivity index (χ3n) is 3.05. The minimum atomic E-state index is 0.0909. The van der Waals surface area contributed by atoms with Gasteiger partial charge in [0.15, 0.2) is 0 Å². The van der Waals surface area contributed by atoms with Gasteiger partial charge in [-0.15, -0.1) is 10.2 Å². The Morgan fingerprint density at radius 1 is 1.37 bits per heavy atom. The summed E-state index contributed by atoms with van der Waals surface area (Å²) < 4.78 is 2.00. The molecule has 1 unspecified atom stereocenters. The Balaban J connectivity index is 2.05. The number of nitrogens with one attached hydrogen (secondary N) is 1. The van der Waals surface area contributed by atoms with E-state index in [9.17, 15) is 0 Å². The molecule has 0 amide bonds. The molecule has 0 saturated carbocycles. The summed E-state index contributed by atoms with van der Waals surface area (Å²) >= 11 is 12.2. The van der Waals surface area contributed by atoms with Crippen LogP contribution in [0.2, 0.25) is 10.0 Å². The van der Waals surface area contributed by atoms with Gasteiger partial charge in [0.2, 0.25) is 0 Å². The first-order valence-corrected chi connectivity index (χ1v) is 6.93. The van der Waals surface area contributed by atoms with Gasteiger partial charge in [-0.25, -0.2) is 0 Å². The summed E-state index contributed by atoms with van der Waals surface area (Å²) in [7, 11) is 0. The van der Waals surface area contributed by atoms with Crippen LogP contribution in [0.25, 0.3) is 0 Å². The maximum absolute atomic E-state index is 6.20. The molecule has 0 aliphatic carbocycles. The van der Waals surface area contributed by atoms with Crippen molar-refractivity contribution in [2.75, 3.05) is 0 Å². The lowest BCUT2D eigenvalue weighted by Crippen LogP contribution is -2.21. The van der Waals surface area contributed by atoms with Crippen LogP contribution < -0.4 is 5.32 Å². The normalized spacial score (nSPS) is 12.6. The number of aryl methyl sites for hydroxylation is 1. The zero-order chi connectivity index (χ0) is 13.8. The van der Waals surface area contributed by atoms with Crippen LogP contribution in [0, 0.1) is 0 Å². The molecule has 4 nitrogen and oxygen atoms in total. The van der Waals surface area contributed by atoms with Crippen LogP contribution in [0.15, 0.2) is 24.5 Å². The van der Waals surface area contributed by atoms with Crippen LogP contribution in [-0.4, -0.2) is 14.8 Å². The van der Waals surface area contributed by atoms with Crippen molar-refractivity contribution in [1.82, 2.24) is 20.1 Å². The highest BCUT2D eigenvalue weighted by atomic mass is 35.5. The Morgan fingerprint density at radius 3 is 2.89 bits per heavy atom. The van der Waals surface area contributed by atoms with E-state index in [1.165, 1.54) is 0 Å². The average molecular weight is 299 g/mol. The predicted molar refractivity (Wildman–Crippen MR) is 77.4 cm³/mol. The molecule has 0 fully saturated rings. The second-order valence-corrected chi connectivity index (χ2v) is 5.06. The Bertz CT molecular complexity index is 553. The first kappa shape index (κ1) is 14.3. The van der Waals surface area contributed by atoms with Gasteiger partial charge in [-0.3, -0.25) is 0 Å². The first-order chi connectivity index (χ1) is 9.13. The minimum absolute atomic E-state index is 0.0909. The number of nitrogens with zero attached hydrogens (tertiary/aromatic N) is 3. The summed E-state index contributed by atoms with van der Waals surface area (Å²) in [6.45, 7) is 5.60. The number of hydrogen-bond donors (Lipinski definition) is 1. The van der Waals surface area contributed by atoms with Gasteiger partial charge in [-0.05, 0) is 25.5 Å². The lowest BCUT2D eigenvalue weighted by molar-refractivity contribution is 0.539. The van der Waals surface area contributed by atoms with E-state index in [4.69, 9.17) is 23.2 Å². The first-order valence-electron chi connectivity index (χ1n) is 6.17. The number of benzene rings is 1. The zero-order valence-corrected chi connectivity index (χ0v) is 12.4.